The van der Waals surface area contributed by atoms with Crippen molar-refractivity contribution in [3.05, 3.63) is 12.7 Å². The Hall–Kier alpha value is 0.0421. The largest absolute Gasteiger partial charge is 0.347 e. The van der Waals surface area contributed by atoms with Crippen LogP contribution in [0.2, 0.25) is 0 Å². The van der Waals surface area contributed by atoms with Gasteiger partial charge in [-0.3, -0.25) is 9.35 Å². The van der Waals surface area contributed by atoms with Crippen LogP contribution in [0.1, 0.15) is 13.8 Å². The predicted molar refractivity (Wildman–Crippen MR) is 54.6 cm³/mol. The van der Waals surface area contributed by atoms with E-state index in [9.17, 15) is 13.2 Å². The molecule has 2 N–H and O–H groups in total. The van der Waals surface area contributed by atoms with E-state index in [1.54, 1.807) is 0 Å². The van der Waals surface area contributed by atoms with Gasteiger partial charge in [0.15, 0.2) is 0 Å². The van der Waals surface area contributed by atoms with E-state index in [2.05, 4.69) is 11.9 Å². The second-order valence-corrected chi connectivity index (χ2v) is 4.76. The zero-order chi connectivity index (χ0) is 10.7. The molecule has 0 rings (SSSR count). The SMILES string of the molecule is C=CC(=O)NC(C)(C)CS(=O)(=O)O.[Pb]. The fourth-order valence-electron chi connectivity index (χ4n) is 0.877. The Bertz CT molecular complexity index is 310. The van der Waals surface area contributed by atoms with Gasteiger partial charge in [0.25, 0.3) is 10.1 Å². The van der Waals surface area contributed by atoms with Gasteiger partial charge in [-0.25, -0.2) is 0 Å². The van der Waals surface area contributed by atoms with Crippen molar-refractivity contribution < 1.29 is 17.8 Å². The van der Waals surface area contributed by atoms with Gasteiger partial charge in [-0.15, -0.1) is 0 Å². The Morgan fingerprint density at radius 1 is 1.57 bits per heavy atom. The number of nitrogens with one attached hydrogen (secondary N) is 1. The maximum absolute atomic E-state index is 10.8. The molecule has 0 heterocycles. The second-order valence-electron chi connectivity index (χ2n) is 3.30. The molecule has 7 heteroatoms. The van der Waals surface area contributed by atoms with Gasteiger partial charge in [-0.2, -0.15) is 8.42 Å². The molecule has 4 radical (unpaired) electrons. The number of hydrogen-bond donors (Lipinski definition) is 2. The van der Waals surface area contributed by atoms with Gasteiger partial charge in [0.2, 0.25) is 5.91 Å². The van der Waals surface area contributed by atoms with Gasteiger partial charge in [0.05, 0.1) is 11.3 Å². The van der Waals surface area contributed by atoms with Gasteiger partial charge in [-0.05, 0) is 19.9 Å². The topological polar surface area (TPSA) is 83.5 Å². The average molecular weight is 414 g/mol. The third-order valence-corrected chi connectivity index (χ3v) is 2.28. The molecule has 0 atom stereocenters. The van der Waals surface area contributed by atoms with Crippen molar-refractivity contribution in [3.8, 4) is 0 Å². The molecule has 0 fully saturated rings. The van der Waals surface area contributed by atoms with Crippen LogP contribution in [0.5, 0.6) is 0 Å². The van der Waals surface area contributed by atoms with E-state index >= 15 is 0 Å². The summed E-state index contributed by atoms with van der Waals surface area (Å²) in [5, 5.41) is 2.37. The monoisotopic (exact) mass is 415 g/mol. The Labute approximate surface area is 104 Å². The van der Waals surface area contributed by atoms with Crippen LogP contribution in [0.3, 0.4) is 0 Å². The van der Waals surface area contributed by atoms with E-state index in [1.807, 2.05) is 0 Å². The van der Waals surface area contributed by atoms with Crippen molar-refractivity contribution >= 4 is 43.3 Å². The van der Waals surface area contributed by atoms with Crippen molar-refractivity contribution in [2.24, 2.45) is 0 Å². The number of carbonyl (C=O) groups excluding carboxylic acids is 1. The number of amides is 1. The summed E-state index contributed by atoms with van der Waals surface area (Å²) in [5.74, 6) is -1.01. The smallest absolute Gasteiger partial charge is 0.267 e. The third-order valence-electron chi connectivity index (χ3n) is 1.19. The average Bonchev–Trinajstić information content (AvgIpc) is 1.80. The summed E-state index contributed by atoms with van der Waals surface area (Å²) in [5.41, 5.74) is -1.00. The zero-order valence-electron chi connectivity index (χ0n) is 8.07. The fourth-order valence-corrected chi connectivity index (χ4v) is 1.86. The van der Waals surface area contributed by atoms with Gasteiger partial charge in [0, 0.05) is 27.3 Å². The summed E-state index contributed by atoms with van der Waals surface area (Å²) >= 11 is 0. The molecule has 5 nitrogen and oxygen atoms in total. The van der Waals surface area contributed by atoms with Crippen molar-refractivity contribution in [2.45, 2.75) is 19.4 Å². The molecule has 1 amide bonds. The number of rotatable bonds is 4. The predicted octanol–water partition coefficient (Wildman–Crippen LogP) is -0.426. The molecule has 80 valence electrons. The Morgan fingerprint density at radius 2 is 2.00 bits per heavy atom. The van der Waals surface area contributed by atoms with Crippen LogP contribution in [0, 0.1) is 0 Å². The van der Waals surface area contributed by atoms with Crippen LogP contribution in [-0.2, 0) is 14.9 Å². The maximum atomic E-state index is 10.8. The van der Waals surface area contributed by atoms with Crippen LogP contribution in [0.4, 0.5) is 0 Å². The minimum Gasteiger partial charge on any atom is -0.347 e. The molecule has 0 aliphatic heterocycles. The Kier molecular flexibility index (Phi) is 6.84. The van der Waals surface area contributed by atoms with Crippen LogP contribution < -0.4 is 5.32 Å². The number of carbonyl (C=O) groups is 1. The van der Waals surface area contributed by atoms with E-state index < -0.39 is 27.3 Å². The molecule has 14 heavy (non-hydrogen) atoms. The van der Waals surface area contributed by atoms with Crippen LogP contribution in [-0.4, -0.2) is 57.5 Å². The molecular weight excluding hydrogens is 401 g/mol. The first-order chi connectivity index (χ1) is 5.66. The van der Waals surface area contributed by atoms with Gasteiger partial charge in [0.1, 0.15) is 0 Å². The normalized spacial score (nSPS) is 11.4. The van der Waals surface area contributed by atoms with Crippen molar-refractivity contribution in [1.82, 2.24) is 5.32 Å². The summed E-state index contributed by atoms with van der Waals surface area (Å²) in [4.78, 5) is 10.8. The van der Waals surface area contributed by atoms with E-state index in [1.165, 1.54) is 13.8 Å². The summed E-state index contributed by atoms with van der Waals surface area (Å²) < 4.78 is 29.5. The summed E-state index contributed by atoms with van der Waals surface area (Å²) in [6.07, 6.45) is 1.03. The van der Waals surface area contributed by atoms with Crippen LogP contribution in [0.25, 0.3) is 0 Å². The molecule has 0 saturated carbocycles. The maximum Gasteiger partial charge on any atom is 0.267 e. The molecular formula is C7H13NO4PbS. The molecule has 0 unspecified atom stereocenters. The molecule has 0 bridgehead atoms. The molecule has 0 aromatic carbocycles. The van der Waals surface area contributed by atoms with E-state index in [-0.39, 0.29) is 27.3 Å². The molecule has 0 spiro atoms. The van der Waals surface area contributed by atoms with E-state index in [0.29, 0.717) is 0 Å². The van der Waals surface area contributed by atoms with Crippen molar-refractivity contribution in [3.63, 3.8) is 0 Å². The first kappa shape index (κ1) is 16.5. The minimum absolute atomic E-state index is 0. The molecule has 0 aliphatic carbocycles. The summed E-state index contributed by atoms with van der Waals surface area (Å²) in [6.45, 7) is 6.19. The Morgan fingerprint density at radius 3 is 2.29 bits per heavy atom. The fraction of sp³-hybridized carbons (Fsp3) is 0.571. The van der Waals surface area contributed by atoms with Gasteiger partial charge < -0.3 is 5.32 Å². The molecule has 0 aliphatic rings. The van der Waals surface area contributed by atoms with Crippen molar-refractivity contribution in [1.29, 1.82) is 0 Å². The van der Waals surface area contributed by atoms with Gasteiger partial charge >= 0.3 is 0 Å². The third kappa shape index (κ3) is 8.63. The summed E-state index contributed by atoms with van der Waals surface area (Å²) in [7, 11) is -4.08. The number of hydrogen-bond acceptors (Lipinski definition) is 3. The van der Waals surface area contributed by atoms with E-state index in [4.69, 9.17) is 4.55 Å². The first-order valence-electron chi connectivity index (χ1n) is 3.56. The molecule has 0 aromatic rings. The first-order valence-corrected chi connectivity index (χ1v) is 5.17. The Balaban J connectivity index is 0. The van der Waals surface area contributed by atoms with E-state index in [0.717, 1.165) is 6.08 Å². The second kappa shape index (κ2) is 5.81. The van der Waals surface area contributed by atoms with Gasteiger partial charge in [-0.1, -0.05) is 6.58 Å². The standard InChI is InChI=1S/C7H13NO4S.Pb/c1-4-6(9)8-7(2,3)5-13(10,11)12;/h4H,1,5H2,2-3H3,(H,8,9)(H,10,11,12);. The van der Waals surface area contributed by atoms with Crippen molar-refractivity contribution in [2.75, 3.05) is 5.75 Å². The van der Waals surface area contributed by atoms with Crippen LogP contribution >= 0.6 is 0 Å². The molecule has 0 aromatic heterocycles. The molecule has 0 saturated heterocycles. The minimum atomic E-state index is -4.08. The quantitative estimate of drug-likeness (QED) is 0.372. The summed E-state index contributed by atoms with van der Waals surface area (Å²) in [6, 6.07) is 0. The zero-order valence-corrected chi connectivity index (χ0v) is 12.8. The van der Waals surface area contributed by atoms with Crippen LogP contribution in [0.15, 0.2) is 12.7 Å².